The number of nitrogens with zero attached hydrogens (tertiary/aromatic N) is 2. The van der Waals surface area contributed by atoms with Crippen LogP contribution in [0, 0.1) is 0 Å². The van der Waals surface area contributed by atoms with Crippen molar-refractivity contribution >= 4 is 11.9 Å². The van der Waals surface area contributed by atoms with Crippen molar-refractivity contribution in [2.45, 2.75) is 31.0 Å². The molecule has 1 aliphatic heterocycles. The molecule has 1 unspecified atom stereocenters. The summed E-state index contributed by atoms with van der Waals surface area (Å²) in [5.74, 6) is -0.617. The monoisotopic (exact) mass is 345 g/mol. The summed E-state index contributed by atoms with van der Waals surface area (Å²) in [6.07, 6.45) is -3.80. The van der Waals surface area contributed by atoms with Crippen LogP contribution < -0.4 is 22.3 Å². The van der Waals surface area contributed by atoms with Crippen molar-refractivity contribution in [3.63, 3.8) is 0 Å². The number of nitrogens with two attached hydrogens (primary N) is 2. The second-order valence-corrected chi connectivity index (χ2v) is 5.35. The van der Waals surface area contributed by atoms with Gasteiger partial charge in [-0.25, -0.2) is 0 Å². The van der Waals surface area contributed by atoms with Gasteiger partial charge < -0.3 is 41.4 Å². The van der Waals surface area contributed by atoms with Gasteiger partial charge in [-0.15, -0.1) is 0 Å². The van der Waals surface area contributed by atoms with Crippen LogP contribution in [-0.4, -0.2) is 68.8 Å². The summed E-state index contributed by atoms with van der Waals surface area (Å²) >= 11 is 0. The molecule has 1 amide bonds. The molecule has 0 bridgehead atoms. The first kappa shape index (κ1) is 16.8. The van der Waals surface area contributed by atoms with Crippen molar-refractivity contribution in [1.29, 1.82) is 0 Å². The highest BCUT2D eigenvalue weighted by Crippen LogP contribution is 2.31. The minimum atomic E-state index is -1.43. The van der Waals surface area contributed by atoms with Gasteiger partial charge in [0.05, 0.1) is 12.2 Å². The standard InChI is InChI=1S/C13H21N5O6/c14-1-2-16-8(20)4-18-3-6(12(23)17-13(18)15)11-10(22)9(21)7(5-19)24-11/h3,7,9-11,19,21-22H,1-2,4-5,14H2,(H,16,20)(H2,15,17,23)/t7-,9+,10?,11+/m1/s1/i/hT. The molecule has 0 spiro atoms. The second kappa shape index (κ2) is 7.68. The number of hydrogen-bond acceptors (Lipinski definition) is 9. The van der Waals surface area contributed by atoms with Crippen LogP contribution in [0.15, 0.2) is 11.0 Å². The number of anilines is 1. The minimum absolute atomic E-state index is 0.0858. The quantitative estimate of drug-likeness (QED) is 0.268. The topological polar surface area (TPSA) is 186 Å². The van der Waals surface area contributed by atoms with Gasteiger partial charge in [-0.2, -0.15) is 4.98 Å². The Hall–Kier alpha value is -2.05. The number of hydrogen-bond donors (Lipinski definition) is 6. The number of aliphatic hydroxyl groups excluding tert-OH is 3. The zero-order valence-corrected chi connectivity index (χ0v) is 12.8. The number of ether oxygens (including phenoxy) is 1. The number of carbonyl (C=O) groups excluding carboxylic acids is 1. The van der Waals surface area contributed by atoms with Crippen molar-refractivity contribution < 1.29 is 26.3 Å². The maximum absolute atomic E-state index is 12.1. The predicted molar refractivity (Wildman–Crippen MR) is 81.7 cm³/mol. The van der Waals surface area contributed by atoms with Crippen molar-refractivity contribution in [3.05, 3.63) is 22.1 Å². The first-order valence-corrected chi connectivity index (χ1v) is 7.29. The van der Waals surface area contributed by atoms with E-state index in [1.807, 2.05) is 0 Å². The average molecular weight is 345 g/mol. The van der Waals surface area contributed by atoms with Crippen LogP contribution in [0.25, 0.3) is 0 Å². The largest absolute Gasteiger partial charge is 0.394 e. The van der Waals surface area contributed by atoms with Crippen LogP contribution in [0.2, 0.25) is 1.41 Å². The van der Waals surface area contributed by atoms with Gasteiger partial charge in [-0.05, 0) is 0 Å². The molecule has 0 saturated carbocycles. The summed E-state index contributed by atoms with van der Waals surface area (Å²) in [5.41, 5.74) is 6.93. The third-order valence-electron chi connectivity index (χ3n) is 3.66. The molecule has 0 aliphatic carbocycles. The molecule has 1 fully saturated rings. The molecular formula is C13H21N5O6. The van der Waals surface area contributed by atoms with Gasteiger partial charge in [0.25, 0.3) is 5.56 Å². The van der Waals surface area contributed by atoms with Gasteiger partial charge in [-0.3, -0.25) is 9.59 Å². The Labute approximate surface area is 138 Å². The number of aromatic nitrogens is 2. The van der Waals surface area contributed by atoms with Crippen LogP contribution in [-0.2, 0) is 16.1 Å². The van der Waals surface area contributed by atoms with Gasteiger partial charge in [0.1, 0.15) is 32.4 Å². The highest BCUT2D eigenvalue weighted by atomic mass is 16.6. The maximum atomic E-state index is 12.1. The van der Waals surface area contributed by atoms with Gasteiger partial charge in [0.15, 0.2) is 0 Å². The summed E-state index contributed by atoms with van der Waals surface area (Å²) in [7, 11) is 0. The first-order valence-electron chi connectivity index (χ1n) is 7.79. The number of carbonyl (C=O) groups is 1. The fraction of sp³-hybridized carbons (Fsp3) is 0.615. The molecule has 11 heteroatoms. The molecule has 1 aliphatic rings. The van der Waals surface area contributed by atoms with Crippen LogP contribution in [0.1, 0.15) is 11.7 Å². The Morgan fingerprint density at radius 1 is 1.50 bits per heavy atom. The number of aliphatic hydroxyl groups is 3. The van der Waals surface area contributed by atoms with E-state index in [0.717, 1.165) is 0 Å². The lowest BCUT2D eigenvalue weighted by Crippen LogP contribution is -2.35. The van der Waals surface area contributed by atoms with Crippen molar-refractivity contribution in [2.24, 2.45) is 5.73 Å². The Bertz CT molecular complexity index is 671. The predicted octanol–water partition coefficient (Wildman–Crippen LogP) is -3.95. The molecule has 134 valence electrons. The fourth-order valence-corrected chi connectivity index (χ4v) is 2.41. The molecule has 24 heavy (non-hydrogen) atoms. The second-order valence-electron chi connectivity index (χ2n) is 5.35. The summed E-state index contributed by atoms with van der Waals surface area (Å²) in [6, 6.07) is 0. The van der Waals surface area contributed by atoms with E-state index in [1.165, 1.54) is 10.8 Å². The lowest BCUT2D eigenvalue weighted by atomic mass is 10.0. The van der Waals surface area contributed by atoms with E-state index in [-0.39, 0.29) is 31.1 Å². The maximum Gasteiger partial charge on any atom is 0.280 e. The van der Waals surface area contributed by atoms with E-state index in [4.69, 9.17) is 17.0 Å². The molecule has 4 atom stereocenters. The number of nitrogen functional groups attached to an aromatic ring is 1. The summed E-state index contributed by atoms with van der Waals surface area (Å²) in [6.45, 7) is -0.272. The zero-order valence-electron chi connectivity index (χ0n) is 13.8. The van der Waals surface area contributed by atoms with E-state index in [2.05, 4.69) is 16.0 Å². The highest BCUT2D eigenvalue weighted by molar-refractivity contribution is 5.76. The van der Waals surface area contributed by atoms with E-state index < -0.39 is 42.5 Å². The Morgan fingerprint density at radius 3 is 2.88 bits per heavy atom. The number of nitrogens with one attached hydrogen (secondary N) is 1. The Morgan fingerprint density at radius 2 is 2.25 bits per heavy atom. The molecular weight excluding hydrogens is 322 g/mol. The zero-order chi connectivity index (χ0) is 18.6. The smallest absolute Gasteiger partial charge is 0.280 e. The molecule has 2 heterocycles. The average Bonchev–Trinajstić information content (AvgIpc) is 2.85. The van der Waals surface area contributed by atoms with E-state index in [9.17, 15) is 19.8 Å². The molecule has 0 radical (unpaired) electrons. The fourth-order valence-electron chi connectivity index (χ4n) is 2.41. The van der Waals surface area contributed by atoms with Crippen molar-refractivity contribution in [3.8, 4) is 0 Å². The number of amides is 1. The molecule has 1 saturated heterocycles. The van der Waals surface area contributed by atoms with Gasteiger partial charge in [0, 0.05) is 19.3 Å². The third kappa shape index (κ3) is 3.71. The molecule has 8 N–H and O–H groups in total. The van der Waals surface area contributed by atoms with E-state index in [0.29, 0.717) is 0 Å². The normalized spacial score (nSPS) is 27.0. The first-order chi connectivity index (χ1) is 11.9. The van der Waals surface area contributed by atoms with Gasteiger partial charge in [-0.1, -0.05) is 0 Å². The lowest BCUT2D eigenvalue weighted by Gasteiger charge is -2.17. The van der Waals surface area contributed by atoms with Crippen LogP contribution in [0.3, 0.4) is 0 Å². The third-order valence-corrected chi connectivity index (χ3v) is 3.66. The van der Waals surface area contributed by atoms with Crippen LogP contribution in [0.4, 0.5) is 5.95 Å². The highest BCUT2D eigenvalue weighted by Gasteiger charge is 2.44. The molecule has 11 nitrogen and oxygen atoms in total. The van der Waals surface area contributed by atoms with Gasteiger partial charge >= 0.3 is 0 Å². The Kier molecular flexibility index (Phi) is 5.37. The molecule has 1 aromatic heterocycles. The summed E-state index contributed by atoms with van der Waals surface area (Å²) in [4.78, 5) is 27.5. The molecule has 2 rings (SSSR count). The Balaban J connectivity index is 2.20. The van der Waals surface area contributed by atoms with Crippen molar-refractivity contribution in [2.75, 3.05) is 25.4 Å². The lowest BCUT2D eigenvalue weighted by molar-refractivity contribution is -0.121. The van der Waals surface area contributed by atoms with Gasteiger partial charge in [0.2, 0.25) is 11.9 Å². The SMILES string of the molecule is [3H]NCCNC(=O)Cn1cc([C@@H]2O[C@H](CO)[C@H](O)C2O)c(=O)nc1N. The van der Waals surface area contributed by atoms with Crippen LogP contribution in [0.5, 0.6) is 0 Å². The number of rotatable bonds is 7. The van der Waals surface area contributed by atoms with Crippen LogP contribution >= 0.6 is 0 Å². The van der Waals surface area contributed by atoms with E-state index in [1.54, 1.807) is 0 Å². The summed E-state index contributed by atoms with van der Waals surface area (Å²) in [5, 5.41) is 31.5. The minimum Gasteiger partial charge on any atom is -0.394 e. The molecule has 1 aromatic rings. The summed E-state index contributed by atoms with van der Waals surface area (Å²) < 4.78 is 13.3. The van der Waals surface area contributed by atoms with E-state index >= 15 is 0 Å². The van der Waals surface area contributed by atoms with Crippen molar-refractivity contribution in [1.82, 2.24) is 14.9 Å². The molecule has 0 aromatic carbocycles.